The first-order valence-corrected chi connectivity index (χ1v) is 8.41. The quantitative estimate of drug-likeness (QED) is 0.848. The van der Waals surface area contributed by atoms with E-state index in [1.807, 2.05) is 0 Å². The van der Waals surface area contributed by atoms with E-state index in [-0.39, 0.29) is 16.6 Å². The monoisotopic (exact) mass is 298 g/mol. The van der Waals surface area contributed by atoms with Gasteiger partial charge in [-0.15, -0.1) is 0 Å². The highest BCUT2D eigenvalue weighted by Crippen LogP contribution is 2.38. The van der Waals surface area contributed by atoms with Gasteiger partial charge in [0.05, 0.1) is 4.90 Å². The van der Waals surface area contributed by atoms with Crippen LogP contribution in [0.2, 0.25) is 0 Å². The molecule has 1 aromatic carbocycles. The molecule has 2 saturated carbocycles. The minimum atomic E-state index is -3.64. The molecule has 1 aromatic rings. The normalized spacial score (nSPS) is 19.6. The largest absolute Gasteiger partial charge is 0.398 e. The number of halogens is 1. The molecule has 110 valence electrons. The number of nitrogens with zero attached hydrogens (tertiary/aromatic N) is 1. The first-order chi connectivity index (χ1) is 9.39. The fraction of sp³-hybridized carbons (Fsp3) is 0.571. The van der Waals surface area contributed by atoms with Gasteiger partial charge in [-0.2, -0.15) is 4.31 Å². The summed E-state index contributed by atoms with van der Waals surface area (Å²) in [6.45, 7) is 2.10. The Morgan fingerprint density at radius 2 is 1.95 bits per heavy atom. The van der Waals surface area contributed by atoms with Crippen molar-refractivity contribution in [2.45, 2.75) is 43.5 Å². The molecule has 0 aromatic heterocycles. The van der Waals surface area contributed by atoms with Crippen LogP contribution in [0.1, 0.15) is 31.2 Å². The van der Waals surface area contributed by atoms with E-state index < -0.39 is 15.8 Å². The lowest BCUT2D eigenvalue weighted by molar-refractivity contribution is 0.388. The van der Waals surface area contributed by atoms with Gasteiger partial charge in [0.2, 0.25) is 10.0 Å². The summed E-state index contributed by atoms with van der Waals surface area (Å²) in [5.74, 6) is -0.0937. The molecule has 0 amide bonds. The van der Waals surface area contributed by atoms with Gasteiger partial charge >= 0.3 is 0 Å². The minimum absolute atomic E-state index is 0.0225. The van der Waals surface area contributed by atoms with E-state index >= 15 is 0 Å². The van der Waals surface area contributed by atoms with E-state index in [0.717, 1.165) is 31.7 Å². The number of sulfonamides is 1. The van der Waals surface area contributed by atoms with Gasteiger partial charge in [0, 0.05) is 23.8 Å². The molecule has 0 spiro atoms. The standard InChI is InChI=1S/C14H19FN2O2S/c1-9-13(15)6-12(7-14(9)16)20(18,19)17(11-4-5-11)8-10-2-3-10/h6-7,10-11H,2-5,8,16H2,1H3. The molecule has 4 nitrogen and oxygen atoms in total. The van der Waals surface area contributed by atoms with E-state index in [0.29, 0.717) is 18.0 Å². The molecule has 2 N–H and O–H groups in total. The maximum atomic E-state index is 13.8. The molecule has 0 atom stereocenters. The van der Waals surface area contributed by atoms with Gasteiger partial charge in [-0.25, -0.2) is 12.8 Å². The molecule has 3 rings (SSSR count). The van der Waals surface area contributed by atoms with E-state index in [1.54, 1.807) is 11.2 Å². The molecule has 0 saturated heterocycles. The van der Waals surface area contributed by atoms with Crippen molar-refractivity contribution in [2.75, 3.05) is 12.3 Å². The van der Waals surface area contributed by atoms with Crippen LogP contribution >= 0.6 is 0 Å². The van der Waals surface area contributed by atoms with Crippen molar-refractivity contribution in [2.24, 2.45) is 5.92 Å². The van der Waals surface area contributed by atoms with E-state index in [4.69, 9.17) is 5.73 Å². The zero-order valence-corrected chi connectivity index (χ0v) is 12.3. The third kappa shape index (κ3) is 2.54. The second-order valence-electron chi connectivity index (χ2n) is 5.87. The van der Waals surface area contributed by atoms with Crippen molar-refractivity contribution in [3.8, 4) is 0 Å². The Morgan fingerprint density at radius 3 is 2.45 bits per heavy atom. The van der Waals surface area contributed by atoms with Gasteiger partial charge in [0.25, 0.3) is 0 Å². The first kappa shape index (κ1) is 13.8. The smallest absolute Gasteiger partial charge is 0.243 e. The van der Waals surface area contributed by atoms with Crippen LogP contribution in [-0.4, -0.2) is 25.3 Å². The summed E-state index contributed by atoms with van der Waals surface area (Å²) < 4.78 is 40.7. The molecule has 0 unspecified atom stereocenters. The van der Waals surface area contributed by atoms with E-state index in [9.17, 15) is 12.8 Å². The lowest BCUT2D eigenvalue weighted by atomic mass is 10.2. The molecule has 0 heterocycles. The number of rotatable bonds is 5. The second kappa shape index (κ2) is 4.70. The van der Waals surface area contributed by atoms with Gasteiger partial charge in [-0.05, 0) is 50.7 Å². The van der Waals surface area contributed by atoms with Crippen LogP contribution in [0.15, 0.2) is 17.0 Å². The topological polar surface area (TPSA) is 63.4 Å². The average molecular weight is 298 g/mol. The van der Waals surface area contributed by atoms with Crippen LogP contribution in [0, 0.1) is 18.7 Å². The van der Waals surface area contributed by atoms with Gasteiger partial charge < -0.3 is 5.73 Å². The summed E-state index contributed by atoms with van der Waals surface area (Å²) in [7, 11) is -3.64. The first-order valence-electron chi connectivity index (χ1n) is 6.97. The molecule has 2 fully saturated rings. The Balaban J connectivity index is 1.96. The molecule has 0 radical (unpaired) electrons. The molecule has 20 heavy (non-hydrogen) atoms. The van der Waals surface area contributed by atoms with Crippen LogP contribution in [0.4, 0.5) is 10.1 Å². The summed E-state index contributed by atoms with van der Waals surface area (Å²) in [5.41, 5.74) is 6.18. The van der Waals surface area contributed by atoms with Crippen molar-refractivity contribution < 1.29 is 12.8 Å². The van der Waals surface area contributed by atoms with Crippen LogP contribution in [0.3, 0.4) is 0 Å². The molecule has 2 aliphatic rings. The molecule has 0 aliphatic heterocycles. The van der Waals surface area contributed by atoms with Crippen molar-refractivity contribution >= 4 is 15.7 Å². The summed E-state index contributed by atoms with van der Waals surface area (Å²) in [4.78, 5) is -0.0225. The highest BCUT2D eigenvalue weighted by Gasteiger charge is 2.41. The van der Waals surface area contributed by atoms with Gasteiger partial charge in [0.1, 0.15) is 5.82 Å². The fourth-order valence-electron chi connectivity index (χ4n) is 2.32. The summed E-state index contributed by atoms with van der Waals surface area (Å²) in [6, 6.07) is 2.55. The van der Waals surface area contributed by atoms with Crippen LogP contribution in [-0.2, 0) is 10.0 Å². The molecular weight excluding hydrogens is 279 g/mol. The summed E-state index contributed by atoms with van der Waals surface area (Å²) in [6.07, 6.45) is 3.97. The number of hydrogen-bond acceptors (Lipinski definition) is 3. The van der Waals surface area contributed by atoms with Crippen molar-refractivity contribution in [3.05, 3.63) is 23.5 Å². The third-order valence-electron chi connectivity index (χ3n) is 4.05. The number of benzene rings is 1. The Kier molecular flexibility index (Phi) is 3.25. The SMILES string of the molecule is Cc1c(N)cc(S(=O)(=O)N(CC2CC2)C2CC2)cc1F. The van der Waals surface area contributed by atoms with E-state index in [2.05, 4.69) is 0 Å². The lowest BCUT2D eigenvalue weighted by Crippen LogP contribution is -2.35. The Hall–Kier alpha value is -1.14. The lowest BCUT2D eigenvalue weighted by Gasteiger charge is -2.22. The zero-order chi connectivity index (χ0) is 14.5. The third-order valence-corrected chi connectivity index (χ3v) is 5.95. The highest BCUT2D eigenvalue weighted by atomic mass is 32.2. The Morgan fingerprint density at radius 1 is 1.30 bits per heavy atom. The number of hydrogen-bond donors (Lipinski definition) is 1. The van der Waals surface area contributed by atoms with Crippen molar-refractivity contribution in [1.82, 2.24) is 4.31 Å². The molecular formula is C14H19FN2O2S. The van der Waals surface area contributed by atoms with Gasteiger partial charge in [0.15, 0.2) is 0 Å². The predicted octanol–water partition coefficient (Wildman–Crippen LogP) is 2.28. The highest BCUT2D eigenvalue weighted by molar-refractivity contribution is 7.89. The Labute approximate surface area is 118 Å². The summed E-state index contributed by atoms with van der Waals surface area (Å²) >= 11 is 0. The van der Waals surface area contributed by atoms with Crippen LogP contribution < -0.4 is 5.73 Å². The molecule has 2 aliphatic carbocycles. The van der Waals surface area contributed by atoms with Crippen molar-refractivity contribution in [3.63, 3.8) is 0 Å². The van der Waals surface area contributed by atoms with Crippen LogP contribution in [0.5, 0.6) is 0 Å². The Bertz CT molecular complexity index is 614. The van der Waals surface area contributed by atoms with E-state index in [1.165, 1.54) is 6.07 Å². The van der Waals surface area contributed by atoms with Crippen molar-refractivity contribution in [1.29, 1.82) is 0 Å². The van der Waals surface area contributed by atoms with Crippen LogP contribution in [0.25, 0.3) is 0 Å². The number of nitrogens with two attached hydrogens (primary N) is 1. The minimum Gasteiger partial charge on any atom is -0.398 e. The second-order valence-corrected chi connectivity index (χ2v) is 7.76. The molecule has 0 bridgehead atoms. The maximum Gasteiger partial charge on any atom is 0.243 e. The zero-order valence-electron chi connectivity index (χ0n) is 11.5. The number of anilines is 1. The summed E-state index contributed by atoms with van der Waals surface area (Å²) in [5, 5.41) is 0. The maximum absolute atomic E-state index is 13.8. The molecule has 6 heteroatoms. The van der Waals surface area contributed by atoms with Gasteiger partial charge in [-0.1, -0.05) is 0 Å². The van der Waals surface area contributed by atoms with Gasteiger partial charge in [-0.3, -0.25) is 0 Å². The fourth-order valence-corrected chi connectivity index (χ4v) is 4.13. The predicted molar refractivity (Wildman–Crippen MR) is 75.2 cm³/mol. The average Bonchev–Trinajstić information content (AvgIpc) is 3.25. The number of nitrogen functional groups attached to an aromatic ring is 1.